The van der Waals surface area contributed by atoms with Gasteiger partial charge in [-0.1, -0.05) is 103 Å². The zero-order valence-corrected chi connectivity index (χ0v) is 19.6. The fourth-order valence-corrected chi connectivity index (χ4v) is 2.86. The van der Waals surface area contributed by atoms with E-state index in [1.165, 1.54) is 33.4 Å². The highest BCUT2D eigenvalue weighted by Gasteiger charge is 2.02. The Morgan fingerprint density at radius 1 is 0.500 bits per heavy atom. The van der Waals surface area contributed by atoms with Crippen molar-refractivity contribution in [3.8, 4) is 0 Å². The van der Waals surface area contributed by atoms with Gasteiger partial charge in [0.05, 0.1) is 0 Å². The Hall–Kier alpha value is -1.56. The van der Waals surface area contributed by atoms with Crippen molar-refractivity contribution in [2.24, 2.45) is 0 Å². The maximum atomic E-state index is 2.28. The van der Waals surface area contributed by atoms with Crippen molar-refractivity contribution in [3.05, 3.63) is 69.8 Å². The summed E-state index contributed by atoms with van der Waals surface area (Å²) < 4.78 is 0. The van der Waals surface area contributed by atoms with E-state index in [1.54, 1.807) is 0 Å². The molecule has 0 amide bonds. The maximum absolute atomic E-state index is 2.28. The lowest BCUT2D eigenvalue weighted by atomic mass is 9.96. The second-order valence-electron chi connectivity index (χ2n) is 7.03. The summed E-state index contributed by atoms with van der Waals surface area (Å²) >= 11 is 0. The number of aryl methyl sites for hydroxylation is 4. The molecular weight excluding hydrogens is 312 g/mol. The van der Waals surface area contributed by atoms with Gasteiger partial charge in [-0.25, -0.2) is 0 Å². The standard InChI is InChI=1S/2C11H16.2C2H6/c1-8(2)11-6-5-9(3)7-10(11)4;1-8(2)11-7-9(3)5-6-10(11)4;2*1-2/h2*5-8H,1-4H3;2*1-2H3. The van der Waals surface area contributed by atoms with Crippen LogP contribution in [-0.4, -0.2) is 0 Å². The number of hydrogen-bond acceptors (Lipinski definition) is 0. The summed E-state index contributed by atoms with van der Waals surface area (Å²) in [6, 6.07) is 13.3. The Kier molecular flexibility index (Phi) is 15.0. The molecule has 0 nitrogen and oxygen atoms in total. The molecule has 0 unspecified atom stereocenters. The van der Waals surface area contributed by atoms with Crippen molar-refractivity contribution >= 4 is 0 Å². The Bertz CT molecular complexity index is 603. The average molecular weight is 357 g/mol. The van der Waals surface area contributed by atoms with E-state index in [4.69, 9.17) is 0 Å². The molecule has 0 spiro atoms. The summed E-state index contributed by atoms with van der Waals surface area (Å²) in [5.41, 5.74) is 8.48. The molecule has 0 heteroatoms. The molecular formula is C26H44. The fourth-order valence-electron chi connectivity index (χ4n) is 2.86. The Labute approximate surface area is 165 Å². The predicted molar refractivity (Wildman–Crippen MR) is 123 cm³/mol. The van der Waals surface area contributed by atoms with Crippen LogP contribution in [0.5, 0.6) is 0 Å². The summed E-state index contributed by atoms with van der Waals surface area (Å²) in [6.45, 7) is 25.6. The first-order valence-electron chi connectivity index (χ1n) is 10.4. The molecule has 26 heavy (non-hydrogen) atoms. The van der Waals surface area contributed by atoms with Gasteiger partial charge >= 0.3 is 0 Å². The zero-order valence-electron chi connectivity index (χ0n) is 19.6. The van der Waals surface area contributed by atoms with E-state index in [0.717, 1.165) is 0 Å². The van der Waals surface area contributed by atoms with E-state index in [2.05, 4.69) is 91.8 Å². The number of benzene rings is 2. The van der Waals surface area contributed by atoms with Crippen LogP contribution in [0, 0.1) is 27.7 Å². The van der Waals surface area contributed by atoms with Crippen LogP contribution < -0.4 is 0 Å². The second-order valence-corrected chi connectivity index (χ2v) is 7.03. The topological polar surface area (TPSA) is 0 Å². The second kappa shape index (κ2) is 14.6. The van der Waals surface area contributed by atoms with Crippen molar-refractivity contribution in [2.75, 3.05) is 0 Å². The van der Waals surface area contributed by atoms with Gasteiger partial charge in [0.1, 0.15) is 0 Å². The van der Waals surface area contributed by atoms with Crippen LogP contribution in [0.2, 0.25) is 0 Å². The maximum Gasteiger partial charge on any atom is -0.0216 e. The molecule has 0 aliphatic heterocycles. The Balaban J connectivity index is 0. The Morgan fingerprint density at radius 3 is 1.31 bits per heavy atom. The highest BCUT2D eigenvalue weighted by atomic mass is 14.1. The first-order chi connectivity index (χ1) is 12.2. The third-order valence-corrected chi connectivity index (χ3v) is 4.10. The molecule has 0 aliphatic rings. The molecule has 0 aromatic heterocycles. The molecule has 2 aromatic carbocycles. The van der Waals surface area contributed by atoms with E-state index in [1.807, 2.05) is 27.7 Å². The Morgan fingerprint density at radius 2 is 0.923 bits per heavy atom. The normalized spacial score (nSPS) is 9.46. The highest BCUT2D eigenvalue weighted by Crippen LogP contribution is 2.20. The van der Waals surface area contributed by atoms with E-state index >= 15 is 0 Å². The van der Waals surface area contributed by atoms with Crippen molar-refractivity contribution in [3.63, 3.8) is 0 Å². The predicted octanol–water partition coefficient (Wildman–Crippen LogP) is 8.91. The highest BCUT2D eigenvalue weighted by molar-refractivity contribution is 5.33. The van der Waals surface area contributed by atoms with Crippen LogP contribution in [-0.2, 0) is 0 Å². The van der Waals surface area contributed by atoms with Crippen molar-refractivity contribution in [2.45, 2.75) is 94.9 Å². The van der Waals surface area contributed by atoms with Gasteiger partial charge in [0.25, 0.3) is 0 Å². The van der Waals surface area contributed by atoms with Crippen molar-refractivity contribution < 1.29 is 0 Å². The summed E-state index contributed by atoms with van der Waals surface area (Å²) in [4.78, 5) is 0. The van der Waals surface area contributed by atoms with Crippen LogP contribution in [0.15, 0.2) is 36.4 Å². The van der Waals surface area contributed by atoms with Crippen molar-refractivity contribution in [1.82, 2.24) is 0 Å². The molecule has 0 saturated heterocycles. The van der Waals surface area contributed by atoms with Gasteiger partial charge in [-0.2, -0.15) is 0 Å². The van der Waals surface area contributed by atoms with Gasteiger partial charge in [0.15, 0.2) is 0 Å². The molecule has 0 heterocycles. The van der Waals surface area contributed by atoms with E-state index in [0.29, 0.717) is 11.8 Å². The summed E-state index contributed by atoms with van der Waals surface area (Å²) in [7, 11) is 0. The lowest BCUT2D eigenvalue weighted by Crippen LogP contribution is -1.91. The van der Waals surface area contributed by atoms with Crippen molar-refractivity contribution in [1.29, 1.82) is 0 Å². The van der Waals surface area contributed by atoms with Crippen LogP contribution in [0.3, 0.4) is 0 Å². The molecule has 0 bridgehead atoms. The molecule has 0 fully saturated rings. The lowest BCUT2D eigenvalue weighted by Gasteiger charge is -2.09. The number of rotatable bonds is 2. The molecule has 0 saturated carbocycles. The minimum Gasteiger partial charge on any atom is -0.0683 e. The van der Waals surface area contributed by atoms with Gasteiger partial charge in [-0.05, 0) is 61.8 Å². The van der Waals surface area contributed by atoms with E-state index in [-0.39, 0.29) is 0 Å². The number of hydrogen-bond donors (Lipinski definition) is 0. The zero-order chi connectivity index (χ0) is 20.9. The van der Waals surface area contributed by atoms with Crippen LogP contribution >= 0.6 is 0 Å². The SMILES string of the molecule is CC.CC.Cc1ccc(C(C)C)c(C)c1.Cc1ccc(C)c(C(C)C)c1. The molecule has 2 rings (SSSR count). The van der Waals surface area contributed by atoms with Crippen LogP contribution in [0.1, 0.15) is 101 Å². The van der Waals surface area contributed by atoms with E-state index < -0.39 is 0 Å². The molecule has 0 aliphatic carbocycles. The van der Waals surface area contributed by atoms with Crippen LogP contribution in [0.25, 0.3) is 0 Å². The van der Waals surface area contributed by atoms with Gasteiger partial charge in [0, 0.05) is 0 Å². The summed E-state index contributed by atoms with van der Waals surface area (Å²) in [5, 5.41) is 0. The van der Waals surface area contributed by atoms with Gasteiger partial charge < -0.3 is 0 Å². The summed E-state index contributed by atoms with van der Waals surface area (Å²) in [6.07, 6.45) is 0. The molecule has 0 radical (unpaired) electrons. The minimum atomic E-state index is 0.648. The minimum absolute atomic E-state index is 0.648. The molecule has 0 N–H and O–H groups in total. The first kappa shape index (κ1) is 26.7. The van der Waals surface area contributed by atoms with Gasteiger partial charge in [0.2, 0.25) is 0 Å². The fraction of sp³-hybridized carbons (Fsp3) is 0.538. The molecule has 0 atom stereocenters. The largest absolute Gasteiger partial charge is 0.0683 e. The smallest absolute Gasteiger partial charge is 0.0216 e. The molecule has 148 valence electrons. The third kappa shape index (κ3) is 9.80. The van der Waals surface area contributed by atoms with Gasteiger partial charge in [-0.3, -0.25) is 0 Å². The monoisotopic (exact) mass is 356 g/mol. The van der Waals surface area contributed by atoms with E-state index in [9.17, 15) is 0 Å². The average Bonchev–Trinajstić information content (AvgIpc) is 2.60. The quantitative estimate of drug-likeness (QED) is 0.504. The molecule has 2 aromatic rings. The summed E-state index contributed by atoms with van der Waals surface area (Å²) in [5.74, 6) is 1.30. The lowest BCUT2D eigenvalue weighted by molar-refractivity contribution is 0.854. The van der Waals surface area contributed by atoms with Crippen LogP contribution in [0.4, 0.5) is 0 Å². The van der Waals surface area contributed by atoms with Gasteiger partial charge in [-0.15, -0.1) is 0 Å². The third-order valence-electron chi connectivity index (χ3n) is 4.10. The first-order valence-corrected chi connectivity index (χ1v) is 10.4.